The monoisotopic (exact) mass is 322 g/mol. The Kier molecular flexibility index (Phi) is 4.33. The van der Waals surface area contributed by atoms with Gasteiger partial charge in [0.15, 0.2) is 0 Å². The van der Waals surface area contributed by atoms with Gasteiger partial charge in [-0.15, -0.1) is 11.8 Å². The average Bonchev–Trinajstić information content (AvgIpc) is 3.09. The largest absolute Gasteiger partial charge is 0.465 e. The fourth-order valence-corrected chi connectivity index (χ4v) is 3.37. The van der Waals surface area contributed by atoms with Crippen molar-refractivity contribution in [1.29, 1.82) is 0 Å². The minimum absolute atomic E-state index is 0.265. The fourth-order valence-electron chi connectivity index (χ4n) is 2.25. The predicted octanol–water partition coefficient (Wildman–Crippen LogP) is 1.57. The lowest BCUT2D eigenvalue weighted by atomic mass is 10.2. The van der Waals surface area contributed by atoms with Gasteiger partial charge in [-0.1, -0.05) is 12.1 Å². The molecule has 0 radical (unpaired) electrons. The normalized spacial score (nSPS) is 24.0. The molecule has 0 aromatic heterocycles. The second-order valence-electron chi connectivity index (χ2n) is 4.91. The molecule has 116 valence electrons. The lowest BCUT2D eigenvalue weighted by molar-refractivity contribution is -0.145. The Morgan fingerprint density at radius 2 is 1.82 bits per heavy atom. The molecule has 0 aliphatic carbocycles. The summed E-state index contributed by atoms with van der Waals surface area (Å²) in [5.41, 5.74) is 0.340. The van der Waals surface area contributed by atoms with Crippen molar-refractivity contribution >= 4 is 29.7 Å². The third-order valence-electron chi connectivity index (χ3n) is 3.40. The number of ether oxygens (including phenoxy) is 3. The summed E-state index contributed by atoms with van der Waals surface area (Å²) in [7, 11) is 0. The molecule has 1 aromatic carbocycles. The van der Waals surface area contributed by atoms with E-state index >= 15 is 0 Å². The van der Waals surface area contributed by atoms with Gasteiger partial charge in [0, 0.05) is 17.7 Å². The average molecular weight is 322 g/mol. The quantitative estimate of drug-likeness (QED) is 0.615. The minimum Gasteiger partial charge on any atom is -0.465 e. The van der Waals surface area contributed by atoms with Crippen molar-refractivity contribution in [3.05, 3.63) is 29.8 Å². The van der Waals surface area contributed by atoms with Crippen molar-refractivity contribution in [2.45, 2.75) is 29.1 Å². The fraction of sp³-hybridized carbons (Fsp3) is 0.400. The Balaban J connectivity index is 1.74. The van der Waals surface area contributed by atoms with Gasteiger partial charge in [0.1, 0.15) is 5.25 Å². The number of esters is 3. The Morgan fingerprint density at radius 1 is 1.09 bits per heavy atom. The first kappa shape index (κ1) is 14.9. The number of rotatable bonds is 4. The molecule has 2 saturated heterocycles. The van der Waals surface area contributed by atoms with Gasteiger partial charge < -0.3 is 14.2 Å². The smallest absolute Gasteiger partial charge is 0.347 e. The SMILES string of the molecule is O=C(O[C@H]1CCOC1=O)c1ccccc1S[C@H]1CCOC1=O. The molecule has 2 aliphatic heterocycles. The van der Waals surface area contributed by atoms with Crippen molar-refractivity contribution in [3.63, 3.8) is 0 Å². The molecular formula is C15H14O6S. The number of hydrogen-bond donors (Lipinski definition) is 0. The van der Waals surface area contributed by atoms with Gasteiger partial charge in [-0.25, -0.2) is 9.59 Å². The Labute approximate surface area is 131 Å². The van der Waals surface area contributed by atoms with E-state index in [4.69, 9.17) is 14.2 Å². The zero-order valence-corrected chi connectivity index (χ0v) is 12.5. The van der Waals surface area contributed by atoms with Gasteiger partial charge in [-0.2, -0.15) is 0 Å². The van der Waals surface area contributed by atoms with Crippen LogP contribution in [0.25, 0.3) is 0 Å². The van der Waals surface area contributed by atoms with E-state index in [9.17, 15) is 14.4 Å². The molecule has 0 spiro atoms. The first-order chi connectivity index (χ1) is 10.6. The summed E-state index contributed by atoms with van der Waals surface area (Å²) in [6.07, 6.45) is 0.137. The molecule has 1 aromatic rings. The molecule has 0 amide bonds. The predicted molar refractivity (Wildman–Crippen MR) is 76.4 cm³/mol. The Hall–Kier alpha value is -2.02. The third kappa shape index (κ3) is 3.09. The summed E-state index contributed by atoms with van der Waals surface area (Å²) in [6, 6.07) is 6.86. The number of carbonyl (C=O) groups is 3. The molecule has 22 heavy (non-hydrogen) atoms. The number of carbonyl (C=O) groups excluding carboxylic acids is 3. The number of thioether (sulfide) groups is 1. The maximum atomic E-state index is 12.3. The van der Waals surface area contributed by atoms with Crippen molar-refractivity contribution in [2.75, 3.05) is 13.2 Å². The van der Waals surface area contributed by atoms with E-state index in [0.717, 1.165) is 0 Å². The van der Waals surface area contributed by atoms with E-state index in [1.165, 1.54) is 11.8 Å². The number of cyclic esters (lactones) is 2. The zero-order chi connectivity index (χ0) is 15.5. The topological polar surface area (TPSA) is 78.9 Å². The van der Waals surface area contributed by atoms with Crippen molar-refractivity contribution in [2.24, 2.45) is 0 Å². The van der Waals surface area contributed by atoms with Gasteiger partial charge in [0.25, 0.3) is 0 Å². The van der Waals surface area contributed by atoms with E-state index in [0.29, 0.717) is 29.9 Å². The molecule has 3 rings (SSSR count). The van der Waals surface area contributed by atoms with Gasteiger partial charge in [-0.3, -0.25) is 4.79 Å². The lowest BCUT2D eigenvalue weighted by Gasteiger charge is -2.12. The molecule has 2 aliphatic rings. The van der Waals surface area contributed by atoms with Crippen molar-refractivity contribution in [1.82, 2.24) is 0 Å². The van der Waals surface area contributed by atoms with Crippen LogP contribution in [-0.2, 0) is 23.8 Å². The second-order valence-corrected chi connectivity index (χ2v) is 6.15. The molecule has 2 fully saturated rings. The molecule has 6 nitrogen and oxygen atoms in total. The summed E-state index contributed by atoms with van der Waals surface area (Å²) in [6.45, 7) is 0.665. The summed E-state index contributed by atoms with van der Waals surface area (Å²) in [5.74, 6) is -1.37. The highest BCUT2D eigenvalue weighted by molar-refractivity contribution is 8.00. The standard InChI is InChI=1S/C15H14O6S/c16-13(21-10-5-7-19-14(10)17)9-3-1-2-4-11(9)22-12-6-8-20-15(12)18/h1-4,10,12H,5-8H2/t10-,12-/m0/s1. The van der Waals surface area contributed by atoms with E-state index in [-0.39, 0.29) is 17.8 Å². The van der Waals surface area contributed by atoms with Gasteiger partial charge in [0.05, 0.1) is 18.8 Å². The molecule has 2 atom stereocenters. The van der Waals surface area contributed by atoms with Crippen LogP contribution in [0.5, 0.6) is 0 Å². The first-order valence-electron chi connectivity index (χ1n) is 6.95. The summed E-state index contributed by atoms with van der Waals surface area (Å²) >= 11 is 1.28. The van der Waals surface area contributed by atoms with Crippen LogP contribution in [-0.4, -0.2) is 42.5 Å². The Bertz CT molecular complexity index is 614. The van der Waals surface area contributed by atoms with Gasteiger partial charge >= 0.3 is 17.9 Å². The van der Waals surface area contributed by atoms with Gasteiger partial charge in [-0.05, 0) is 12.1 Å². The molecule has 0 N–H and O–H groups in total. The molecule has 0 unspecified atom stereocenters. The van der Waals surface area contributed by atoms with Crippen molar-refractivity contribution in [3.8, 4) is 0 Å². The second kappa shape index (κ2) is 6.39. The first-order valence-corrected chi connectivity index (χ1v) is 7.83. The van der Waals surface area contributed by atoms with Crippen LogP contribution in [0.4, 0.5) is 0 Å². The highest BCUT2D eigenvalue weighted by Gasteiger charge is 2.32. The zero-order valence-electron chi connectivity index (χ0n) is 11.7. The number of benzene rings is 1. The molecule has 0 saturated carbocycles. The number of hydrogen-bond acceptors (Lipinski definition) is 7. The van der Waals surface area contributed by atoms with Crippen LogP contribution in [0.2, 0.25) is 0 Å². The summed E-state index contributed by atoms with van der Waals surface area (Å²) in [5, 5.41) is -0.314. The highest BCUT2D eigenvalue weighted by Crippen LogP contribution is 2.32. The van der Waals surface area contributed by atoms with Crippen LogP contribution in [0.1, 0.15) is 23.2 Å². The molecule has 2 heterocycles. The maximum absolute atomic E-state index is 12.3. The van der Waals surface area contributed by atoms with Crippen LogP contribution in [0.15, 0.2) is 29.2 Å². The van der Waals surface area contributed by atoms with E-state index < -0.39 is 18.0 Å². The van der Waals surface area contributed by atoms with Crippen LogP contribution in [0, 0.1) is 0 Å². The van der Waals surface area contributed by atoms with E-state index in [1.54, 1.807) is 24.3 Å². The minimum atomic E-state index is -0.845. The van der Waals surface area contributed by atoms with Crippen molar-refractivity contribution < 1.29 is 28.6 Å². The third-order valence-corrected chi connectivity index (χ3v) is 4.72. The van der Waals surface area contributed by atoms with Gasteiger partial charge in [0.2, 0.25) is 6.10 Å². The lowest BCUT2D eigenvalue weighted by Crippen LogP contribution is -2.23. The molecule has 0 bridgehead atoms. The van der Waals surface area contributed by atoms with Crippen LogP contribution in [0.3, 0.4) is 0 Å². The Morgan fingerprint density at radius 3 is 2.50 bits per heavy atom. The van der Waals surface area contributed by atoms with E-state index in [2.05, 4.69) is 0 Å². The maximum Gasteiger partial charge on any atom is 0.347 e. The summed E-state index contributed by atoms with van der Waals surface area (Å²) in [4.78, 5) is 35.8. The van der Waals surface area contributed by atoms with Crippen LogP contribution >= 0.6 is 11.8 Å². The summed E-state index contributed by atoms with van der Waals surface area (Å²) < 4.78 is 14.9. The van der Waals surface area contributed by atoms with E-state index in [1.807, 2.05) is 0 Å². The molecular weight excluding hydrogens is 308 g/mol. The molecule has 7 heteroatoms. The highest BCUT2D eigenvalue weighted by atomic mass is 32.2. The van der Waals surface area contributed by atoms with Crippen LogP contribution < -0.4 is 0 Å².